The number of carbonyl (C=O) groups excluding carboxylic acids is 1. The van der Waals surface area contributed by atoms with Crippen LogP contribution in [0.25, 0.3) is 11.5 Å². The number of anilines is 1. The fourth-order valence-electron chi connectivity index (χ4n) is 3.19. The highest BCUT2D eigenvalue weighted by molar-refractivity contribution is 7.99. The van der Waals surface area contributed by atoms with Gasteiger partial charge in [0.25, 0.3) is 5.22 Å². The largest absolute Gasteiger partial charge is 0.411 e. The SMILES string of the molecule is CCN(CC)c1ccc(-c2nnc(SCC(=O)N(C)C(C)c3ccc(F)cc3)o2)cc1. The highest BCUT2D eigenvalue weighted by Gasteiger charge is 2.19. The van der Waals surface area contributed by atoms with Gasteiger partial charge in [-0.25, -0.2) is 4.39 Å². The lowest BCUT2D eigenvalue weighted by atomic mass is 10.1. The van der Waals surface area contributed by atoms with Crippen molar-refractivity contribution in [3.63, 3.8) is 0 Å². The van der Waals surface area contributed by atoms with Crippen molar-refractivity contribution in [2.24, 2.45) is 0 Å². The summed E-state index contributed by atoms with van der Waals surface area (Å²) in [7, 11) is 1.73. The summed E-state index contributed by atoms with van der Waals surface area (Å²) in [6.45, 7) is 8.04. The minimum Gasteiger partial charge on any atom is -0.411 e. The van der Waals surface area contributed by atoms with Crippen molar-refractivity contribution in [3.8, 4) is 11.5 Å². The molecule has 31 heavy (non-hydrogen) atoms. The standard InChI is InChI=1S/C23H27FN4O2S/c1-5-28(6-2)20-13-9-18(10-14-20)22-25-26-23(30-22)31-15-21(29)27(4)16(3)17-7-11-19(24)12-8-17/h7-14,16H,5-6,15H2,1-4H3. The van der Waals surface area contributed by atoms with Crippen LogP contribution in [0.15, 0.2) is 58.2 Å². The van der Waals surface area contributed by atoms with E-state index in [0.717, 1.165) is 29.9 Å². The minimum atomic E-state index is -0.296. The van der Waals surface area contributed by atoms with Crippen molar-refractivity contribution >= 4 is 23.4 Å². The molecule has 0 aliphatic heterocycles. The Morgan fingerprint density at radius 3 is 2.32 bits per heavy atom. The van der Waals surface area contributed by atoms with Crippen LogP contribution in [-0.2, 0) is 4.79 Å². The Morgan fingerprint density at radius 1 is 1.06 bits per heavy atom. The van der Waals surface area contributed by atoms with Crippen molar-refractivity contribution in [2.45, 2.75) is 32.0 Å². The molecule has 1 amide bonds. The van der Waals surface area contributed by atoms with E-state index in [1.54, 1.807) is 24.1 Å². The normalized spacial score (nSPS) is 11.9. The maximum atomic E-state index is 13.1. The predicted molar refractivity (Wildman–Crippen MR) is 122 cm³/mol. The van der Waals surface area contributed by atoms with E-state index in [1.165, 1.54) is 23.9 Å². The van der Waals surface area contributed by atoms with Crippen molar-refractivity contribution in [3.05, 3.63) is 59.9 Å². The van der Waals surface area contributed by atoms with Gasteiger partial charge in [0.05, 0.1) is 11.8 Å². The number of nitrogens with zero attached hydrogens (tertiary/aromatic N) is 4. The summed E-state index contributed by atoms with van der Waals surface area (Å²) < 4.78 is 18.8. The first-order valence-electron chi connectivity index (χ1n) is 10.3. The average molecular weight is 443 g/mol. The van der Waals surface area contributed by atoms with Gasteiger partial charge < -0.3 is 14.2 Å². The maximum Gasteiger partial charge on any atom is 0.277 e. The van der Waals surface area contributed by atoms with Crippen molar-refractivity contribution < 1.29 is 13.6 Å². The zero-order chi connectivity index (χ0) is 22.4. The molecule has 0 N–H and O–H groups in total. The number of hydrogen-bond acceptors (Lipinski definition) is 6. The molecule has 1 heterocycles. The predicted octanol–water partition coefficient (Wildman–Crippen LogP) is 5.03. The molecule has 8 heteroatoms. The summed E-state index contributed by atoms with van der Waals surface area (Å²) in [6.07, 6.45) is 0. The van der Waals surface area contributed by atoms with Crippen LogP contribution in [0.1, 0.15) is 32.4 Å². The summed E-state index contributed by atoms with van der Waals surface area (Å²) in [5.74, 6) is 0.222. The number of halogens is 1. The summed E-state index contributed by atoms with van der Waals surface area (Å²) >= 11 is 1.20. The second kappa shape index (κ2) is 10.4. The molecule has 1 unspecified atom stereocenters. The lowest BCUT2D eigenvalue weighted by molar-refractivity contribution is -0.128. The quantitative estimate of drug-likeness (QED) is 0.433. The first kappa shape index (κ1) is 22.8. The molecular formula is C23H27FN4O2S. The van der Waals surface area contributed by atoms with Gasteiger partial charge in [0, 0.05) is 31.4 Å². The molecule has 1 aromatic heterocycles. The topological polar surface area (TPSA) is 62.5 Å². The third-order valence-electron chi connectivity index (χ3n) is 5.30. The Hall–Kier alpha value is -2.87. The van der Waals surface area contributed by atoms with Crippen LogP contribution in [0.5, 0.6) is 0 Å². The Balaban J connectivity index is 1.58. The number of hydrogen-bond donors (Lipinski definition) is 0. The molecule has 6 nitrogen and oxygen atoms in total. The zero-order valence-electron chi connectivity index (χ0n) is 18.2. The molecule has 0 fully saturated rings. The Kier molecular flexibility index (Phi) is 7.68. The molecule has 2 aromatic carbocycles. The molecule has 0 bridgehead atoms. The molecule has 3 aromatic rings. The van der Waals surface area contributed by atoms with E-state index in [-0.39, 0.29) is 23.5 Å². The monoisotopic (exact) mass is 442 g/mol. The number of benzene rings is 2. The second-order valence-electron chi connectivity index (χ2n) is 7.11. The number of aromatic nitrogens is 2. The molecule has 0 saturated carbocycles. The van der Waals surface area contributed by atoms with Gasteiger partial charge >= 0.3 is 0 Å². The van der Waals surface area contributed by atoms with Gasteiger partial charge in [0.2, 0.25) is 11.8 Å². The Morgan fingerprint density at radius 2 is 1.71 bits per heavy atom. The molecule has 0 aliphatic carbocycles. The summed E-state index contributed by atoms with van der Waals surface area (Å²) in [5.41, 5.74) is 2.85. The molecular weight excluding hydrogens is 415 g/mol. The van der Waals surface area contributed by atoms with Crippen LogP contribution in [0, 0.1) is 5.82 Å². The first-order chi connectivity index (χ1) is 14.9. The van der Waals surface area contributed by atoms with E-state index in [1.807, 2.05) is 31.2 Å². The van der Waals surface area contributed by atoms with Crippen LogP contribution >= 0.6 is 11.8 Å². The van der Waals surface area contributed by atoms with Gasteiger partial charge in [0.15, 0.2) is 0 Å². The van der Waals surface area contributed by atoms with E-state index in [4.69, 9.17) is 4.42 Å². The van der Waals surface area contributed by atoms with Crippen molar-refractivity contribution in [1.29, 1.82) is 0 Å². The van der Waals surface area contributed by atoms with Gasteiger partial charge in [-0.1, -0.05) is 23.9 Å². The molecule has 1 atom stereocenters. The molecule has 0 spiro atoms. The van der Waals surface area contributed by atoms with Crippen molar-refractivity contribution in [2.75, 3.05) is 30.8 Å². The Labute approximate surface area is 186 Å². The molecule has 0 saturated heterocycles. The van der Waals surface area contributed by atoms with Gasteiger partial charge in [-0.05, 0) is 62.7 Å². The van der Waals surface area contributed by atoms with Gasteiger partial charge in [-0.15, -0.1) is 10.2 Å². The van der Waals surface area contributed by atoms with Crippen LogP contribution in [0.4, 0.5) is 10.1 Å². The summed E-state index contributed by atoms with van der Waals surface area (Å²) in [6, 6.07) is 14.0. The Bertz CT molecular complexity index is 988. The second-order valence-corrected chi connectivity index (χ2v) is 8.04. The third kappa shape index (κ3) is 5.64. The minimum absolute atomic E-state index is 0.0786. The lowest BCUT2D eigenvalue weighted by Gasteiger charge is -2.25. The molecule has 0 radical (unpaired) electrons. The fraction of sp³-hybridized carbons (Fsp3) is 0.348. The van der Waals surface area contributed by atoms with Gasteiger partial charge in [0.1, 0.15) is 5.82 Å². The number of rotatable bonds is 9. The number of thioether (sulfide) groups is 1. The number of amides is 1. The molecule has 0 aliphatic rings. The van der Waals surface area contributed by atoms with E-state index >= 15 is 0 Å². The number of carbonyl (C=O) groups is 1. The summed E-state index contributed by atoms with van der Waals surface area (Å²) in [4.78, 5) is 16.5. The van der Waals surface area contributed by atoms with E-state index < -0.39 is 0 Å². The van der Waals surface area contributed by atoms with Gasteiger partial charge in [-0.3, -0.25) is 4.79 Å². The van der Waals surface area contributed by atoms with E-state index in [0.29, 0.717) is 11.1 Å². The van der Waals surface area contributed by atoms with E-state index in [2.05, 4.69) is 28.9 Å². The summed E-state index contributed by atoms with van der Waals surface area (Å²) in [5, 5.41) is 8.50. The molecule has 3 rings (SSSR count). The van der Waals surface area contributed by atoms with Gasteiger partial charge in [-0.2, -0.15) is 0 Å². The van der Waals surface area contributed by atoms with Crippen LogP contribution in [0.3, 0.4) is 0 Å². The maximum absolute atomic E-state index is 13.1. The zero-order valence-corrected chi connectivity index (χ0v) is 19.0. The van der Waals surface area contributed by atoms with Crippen LogP contribution in [-0.4, -0.2) is 46.9 Å². The van der Waals surface area contributed by atoms with Crippen LogP contribution in [0.2, 0.25) is 0 Å². The highest BCUT2D eigenvalue weighted by Crippen LogP contribution is 2.26. The van der Waals surface area contributed by atoms with E-state index in [9.17, 15) is 9.18 Å². The smallest absolute Gasteiger partial charge is 0.277 e. The van der Waals surface area contributed by atoms with Crippen molar-refractivity contribution in [1.82, 2.24) is 15.1 Å². The average Bonchev–Trinajstić information content (AvgIpc) is 3.27. The highest BCUT2D eigenvalue weighted by atomic mass is 32.2. The first-order valence-corrected chi connectivity index (χ1v) is 11.2. The third-order valence-corrected chi connectivity index (χ3v) is 6.10. The lowest BCUT2D eigenvalue weighted by Crippen LogP contribution is -2.31. The molecule has 164 valence electrons. The fourth-order valence-corrected chi connectivity index (χ4v) is 3.88. The van der Waals surface area contributed by atoms with Crippen LogP contribution < -0.4 is 4.90 Å².